The largest absolute Gasteiger partial charge is 0.346 e. The quantitative estimate of drug-likeness (QED) is 0.440. The second-order valence-corrected chi connectivity index (χ2v) is 13.2. The predicted octanol–water partition coefficient (Wildman–Crippen LogP) is 7.59. The van der Waals surface area contributed by atoms with Crippen molar-refractivity contribution in [1.82, 2.24) is 10.3 Å². The van der Waals surface area contributed by atoms with Gasteiger partial charge in [0, 0.05) is 17.5 Å². The Labute approximate surface area is 208 Å². The van der Waals surface area contributed by atoms with Crippen LogP contribution in [0.3, 0.4) is 0 Å². The molecular formula is C28H40N2OS2. The molecule has 1 saturated heterocycles. The van der Waals surface area contributed by atoms with Crippen molar-refractivity contribution >= 4 is 29.0 Å². The van der Waals surface area contributed by atoms with E-state index in [1.807, 2.05) is 11.8 Å². The number of carbonyl (C=O) groups excluding carboxylic acids is 1. The van der Waals surface area contributed by atoms with Crippen LogP contribution in [0.1, 0.15) is 106 Å². The minimum Gasteiger partial charge on any atom is -0.346 e. The van der Waals surface area contributed by atoms with Crippen molar-refractivity contribution in [3.05, 3.63) is 40.0 Å². The zero-order chi connectivity index (χ0) is 23.6. The molecule has 1 aromatic carbocycles. The number of thioether (sulfide) groups is 1. The van der Waals surface area contributed by atoms with Gasteiger partial charge in [0.05, 0.1) is 10.6 Å². The molecule has 180 valence electrons. The molecule has 4 rings (SSSR count). The number of rotatable bonds is 7. The zero-order valence-corrected chi connectivity index (χ0v) is 22.6. The number of aromatic nitrogens is 1. The summed E-state index contributed by atoms with van der Waals surface area (Å²) in [6.07, 6.45) is 8.72. The van der Waals surface area contributed by atoms with E-state index >= 15 is 0 Å². The molecule has 1 atom stereocenters. The van der Waals surface area contributed by atoms with Gasteiger partial charge in [0.2, 0.25) is 0 Å². The molecule has 1 N–H and O–H groups in total. The number of nitrogens with zero attached hydrogens (tertiary/aromatic N) is 1. The third-order valence-corrected chi connectivity index (χ3v) is 9.76. The molecule has 5 heteroatoms. The first kappa shape index (κ1) is 24.8. The lowest BCUT2D eigenvalue weighted by atomic mass is 9.82. The second kappa shape index (κ2) is 10.5. The lowest BCUT2D eigenvalue weighted by Crippen LogP contribution is -2.43. The SMILES string of the molecule is CCC(C)c1cc(-c2sc(C(=O)NC3CSC3)nc2CC2CCCCC2)cc(C(C)(C)C)c1. The van der Waals surface area contributed by atoms with Crippen LogP contribution in [0, 0.1) is 5.92 Å². The summed E-state index contributed by atoms with van der Waals surface area (Å²) in [6, 6.07) is 7.42. The van der Waals surface area contributed by atoms with Gasteiger partial charge in [-0.05, 0) is 58.9 Å². The van der Waals surface area contributed by atoms with Gasteiger partial charge in [0.1, 0.15) is 0 Å². The highest BCUT2D eigenvalue weighted by molar-refractivity contribution is 8.00. The third kappa shape index (κ3) is 6.03. The third-order valence-electron chi connectivity index (χ3n) is 7.34. The van der Waals surface area contributed by atoms with Crippen LogP contribution in [-0.2, 0) is 11.8 Å². The van der Waals surface area contributed by atoms with Gasteiger partial charge in [-0.1, -0.05) is 72.8 Å². The maximum Gasteiger partial charge on any atom is 0.280 e. The van der Waals surface area contributed by atoms with Crippen LogP contribution in [0.5, 0.6) is 0 Å². The smallest absolute Gasteiger partial charge is 0.280 e. The number of thiazole rings is 1. The standard InChI is InChI=1S/C28H40N2OS2/c1-6-18(2)20-13-21(15-22(14-20)28(3,4)5)25-24(12-19-10-8-7-9-11-19)30-27(33-25)26(31)29-23-16-32-17-23/h13-15,18-19,23H,6-12,16-17H2,1-5H3,(H,29,31). The molecule has 1 unspecified atom stereocenters. The number of hydrogen-bond acceptors (Lipinski definition) is 4. The minimum atomic E-state index is 0.00979. The van der Waals surface area contributed by atoms with E-state index < -0.39 is 0 Å². The van der Waals surface area contributed by atoms with Crippen molar-refractivity contribution in [3.63, 3.8) is 0 Å². The van der Waals surface area contributed by atoms with Crippen LogP contribution >= 0.6 is 23.1 Å². The maximum absolute atomic E-state index is 13.0. The zero-order valence-electron chi connectivity index (χ0n) is 21.0. The minimum absolute atomic E-state index is 0.00979. The molecular weight excluding hydrogens is 444 g/mol. The average Bonchev–Trinajstić information content (AvgIpc) is 3.19. The Morgan fingerprint density at radius 1 is 1.15 bits per heavy atom. The van der Waals surface area contributed by atoms with E-state index in [0.717, 1.165) is 30.0 Å². The molecule has 2 aromatic rings. The van der Waals surface area contributed by atoms with Crippen molar-refractivity contribution in [1.29, 1.82) is 0 Å². The Morgan fingerprint density at radius 3 is 2.48 bits per heavy atom. The first-order valence-electron chi connectivity index (χ1n) is 12.8. The van der Waals surface area contributed by atoms with E-state index in [4.69, 9.17) is 4.98 Å². The molecule has 3 nitrogen and oxygen atoms in total. The maximum atomic E-state index is 13.0. The topological polar surface area (TPSA) is 42.0 Å². The van der Waals surface area contributed by atoms with Gasteiger partial charge in [-0.15, -0.1) is 11.3 Å². The Balaban J connectivity index is 1.74. The highest BCUT2D eigenvalue weighted by Crippen LogP contribution is 2.39. The lowest BCUT2D eigenvalue weighted by Gasteiger charge is -2.25. The highest BCUT2D eigenvalue weighted by Gasteiger charge is 2.26. The Bertz CT molecular complexity index is 965. The average molecular weight is 485 g/mol. The summed E-state index contributed by atoms with van der Waals surface area (Å²) in [5.74, 6) is 3.25. The number of nitrogens with one attached hydrogen (secondary N) is 1. The van der Waals surface area contributed by atoms with E-state index in [0.29, 0.717) is 22.9 Å². The fourth-order valence-electron chi connectivity index (χ4n) is 4.78. The summed E-state index contributed by atoms with van der Waals surface area (Å²) >= 11 is 3.49. The first-order valence-corrected chi connectivity index (χ1v) is 14.8. The van der Waals surface area contributed by atoms with E-state index in [-0.39, 0.29) is 11.3 Å². The van der Waals surface area contributed by atoms with Crippen molar-refractivity contribution in [2.24, 2.45) is 5.92 Å². The molecule has 0 spiro atoms. The first-order chi connectivity index (χ1) is 15.7. The van der Waals surface area contributed by atoms with Gasteiger partial charge >= 0.3 is 0 Å². The van der Waals surface area contributed by atoms with Gasteiger partial charge in [0.25, 0.3) is 5.91 Å². The van der Waals surface area contributed by atoms with Crippen LogP contribution < -0.4 is 5.32 Å². The van der Waals surface area contributed by atoms with Crippen LogP contribution in [0.15, 0.2) is 18.2 Å². The normalized spacial score (nSPS) is 18.7. The fourth-order valence-corrected chi connectivity index (χ4v) is 6.40. The van der Waals surface area contributed by atoms with E-state index in [2.05, 4.69) is 58.1 Å². The molecule has 1 aliphatic heterocycles. The van der Waals surface area contributed by atoms with Crippen LogP contribution in [0.2, 0.25) is 0 Å². The summed E-state index contributed by atoms with van der Waals surface area (Å²) < 4.78 is 0. The Kier molecular flexibility index (Phi) is 7.90. The van der Waals surface area contributed by atoms with E-state index in [9.17, 15) is 4.79 Å². The lowest BCUT2D eigenvalue weighted by molar-refractivity contribution is 0.0942. The van der Waals surface area contributed by atoms with Crippen molar-refractivity contribution in [2.75, 3.05) is 11.5 Å². The molecule has 1 amide bonds. The fraction of sp³-hybridized carbons (Fsp3) is 0.643. The van der Waals surface area contributed by atoms with Gasteiger partial charge in [0.15, 0.2) is 5.01 Å². The van der Waals surface area contributed by atoms with Crippen LogP contribution in [-0.4, -0.2) is 28.4 Å². The molecule has 0 bridgehead atoms. The molecule has 1 aliphatic carbocycles. The predicted molar refractivity (Wildman–Crippen MR) is 144 cm³/mol. The van der Waals surface area contributed by atoms with Gasteiger partial charge in [-0.3, -0.25) is 4.79 Å². The summed E-state index contributed by atoms with van der Waals surface area (Å²) in [5.41, 5.74) is 5.23. The molecule has 2 fully saturated rings. The Hall–Kier alpha value is -1.33. The highest BCUT2D eigenvalue weighted by atomic mass is 32.2. The van der Waals surface area contributed by atoms with Crippen LogP contribution in [0.25, 0.3) is 10.4 Å². The van der Waals surface area contributed by atoms with Crippen molar-refractivity contribution in [3.8, 4) is 10.4 Å². The Morgan fingerprint density at radius 2 is 1.88 bits per heavy atom. The number of benzene rings is 1. The van der Waals surface area contributed by atoms with Gasteiger partial charge < -0.3 is 5.32 Å². The molecule has 2 heterocycles. The molecule has 0 radical (unpaired) electrons. The summed E-state index contributed by atoms with van der Waals surface area (Å²) in [7, 11) is 0. The number of hydrogen-bond donors (Lipinski definition) is 1. The summed E-state index contributed by atoms with van der Waals surface area (Å²) in [4.78, 5) is 19.2. The molecule has 33 heavy (non-hydrogen) atoms. The molecule has 1 aromatic heterocycles. The number of carbonyl (C=O) groups is 1. The van der Waals surface area contributed by atoms with E-state index in [1.54, 1.807) is 11.3 Å². The second-order valence-electron chi connectivity index (χ2n) is 11.1. The molecule has 2 aliphatic rings. The molecule has 1 saturated carbocycles. The van der Waals surface area contributed by atoms with Gasteiger partial charge in [-0.25, -0.2) is 4.98 Å². The van der Waals surface area contributed by atoms with Crippen LogP contribution in [0.4, 0.5) is 0 Å². The monoisotopic (exact) mass is 484 g/mol. The van der Waals surface area contributed by atoms with E-state index in [1.165, 1.54) is 53.7 Å². The van der Waals surface area contributed by atoms with Crippen molar-refractivity contribution in [2.45, 2.75) is 96.9 Å². The van der Waals surface area contributed by atoms with Gasteiger partial charge in [-0.2, -0.15) is 11.8 Å². The van der Waals surface area contributed by atoms with Crippen molar-refractivity contribution < 1.29 is 4.79 Å². The number of amides is 1. The summed E-state index contributed by atoms with van der Waals surface area (Å²) in [5, 5.41) is 3.83. The summed E-state index contributed by atoms with van der Waals surface area (Å²) in [6.45, 7) is 11.4.